The van der Waals surface area contributed by atoms with E-state index >= 15 is 0 Å². The van der Waals surface area contributed by atoms with Gasteiger partial charge in [-0.05, 0) is 19.1 Å². The number of hydrazone groups is 1. The molecule has 0 spiro atoms. The van der Waals surface area contributed by atoms with Gasteiger partial charge in [-0.3, -0.25) is 0 Å². The highest BCUT2D eigenvalue weighted by Crippen LogP contribution is 2.17. The van der Waals surface area contributed by atoms with Gasteiger partial charge in [0.2, 0.25) is 0 Å². The molecule has 0 atom stereocenters. The van der Waals surface area contributed by atoms with E-state index in [0.29, 0.717) is 23.1 Å². The van der Waals surface area contributed by atoms with E-state index in [4.69, 9.17) is 0 Å². The van der Waals surface area contributed by atoms with Crippen LogP contribution < -0.4 is 5.43 Å². The Balaban J connectivity index is 2.54. The molecule has 2 N–H and O–H groups in total. The SMILES string of the molecule is CCNN=Cc1cc(C(=O)O)c2ccccc2n1. The average molecular weight is 243 g/mol. The van der Waals surface area contributed by atoms with Gasteiger partial charge in [-0.15, -0.1) is 0 Å². The molecule has 2 rings (SSSR count). The Morgan fingerprint density at radius 3 is 3.00 bits per heavy atom. The van der Waals surface area contributed by atoms with Crippen LogP contribution >= 0.6 is 0 Å². The van der Waals surface area contributed by atoms with Gasteiger partial charge in [-0.2, -0.15) is 5.10 Å². The largest absolute Gasteiger partial charge is 0.478 e. The first-order valence-corrected chi connectivity index (χ1v) is 5.61. The van der Waals surface area contributed by atoms with E-state index in [-0.39, 0.29) is 5.56 Å². The number of nitrogens with one attached hydrogen (secondary N) is 1. The van der Waals surface area contributed by atoms with Crippen molar-refractivity contribution in [1.82, 2.24) is 10.4 Å². The standard InChI is InChI=1S/C13H13N3O2/c1-2-14-15-8-9-7-11(13(17)18)10-5-3-4-6-12(10)16-9/h3-8,14H,2H2,1H3,(H,17,18). The first-order valence-electron chi connectivity index (χ1n) is 5.61. The van der Waals surface area contributed by atoms with Crippen LogP contribution in [0.1, 0.15) is 23.0 Å². The van der Waals surface area contributed by atoms with Crippen LogP contribution in [0.4, 0.5) is 0 Å². The zero-order valence-electron chi connectivity index (χ0n) is 9.92. The summed E-state index contributed by atoms with van der Waals surface area (Å²) < 4.78 is 0. The minimum absolute atomic E-state index is 0.235. The van der Waals surface area contributed by atoms with Crippen molar-refractivity contribution in [1.29, 1.82) is 0 Å². The molecule has 1 aromatic carbocycles. The van der Waals surface area contributed by atoms with Gasteiger partial charge >= 0.3 is 5.97 Å². The third-order valence-electron chi connectivity index (χ3n) is 2.41. The number of carboxylic acids is 1. The Labute approximate surface area is 104 Å². The number of benzene rings is 1. The van der Waals surface area contributed by atoms with Crippen molar-refractivity contribution < 1.29 is 9.90 Å². The predicted molar refractivity (Wildman–Crippen MR) is 70.0 cm³/mol. The molecule has 0 fully saturated rings. The van der Waals surface area contributed by atoms with Crippen molar-refractivity contribution in [3.8, 4) is 0 Å². The van der Waals surface area contributed by atoms with Gasteiger partial charge in [0.1, 0.15) is 0 Å². The molecule has 0 amide bonds. The number of aromatic nitrogens is 1. The highest BCUT2D eigenvalue weighted by Gasteiger charge is 2.10. The van der Waals surface area contributed by atoms with Crippen LogP contribution in [0.2, 0.25) is 0 Å². The molecule has 0 saturated heterocycles. The van der Waals surface area contributed by atoms with Gasteiger partial charge in [0.05, 0.1) is 23.0 Å². The molecule has 2 aromatic rings. The zero-order chi connectivity index (χ0) is 13.0. The molecule has 18 heavy (non-hydrogen) atoms. The number of carboxylic acid groups (broad SMARTS) is 1. The topological polar surface area (TPSA) is 74.6 Å². The minimum Gasteiger partial charge on any atom is -0.478 e. The number of fused-ring (bicyclic) bond motifs is 1. The molecule has 1 heterocycles. The quantitative estimate of drug-likeness (QED) is 0.635. The summed E-state index contributed by atoms with van der Waals surface area (Å²) >= 11 is 0. The number of hydrogen-bond acceptors (Lipinski definition) is 4. The van der Waals surface area contributed by atoms with E-state index in [9.17, 15) is 9.90 Å². The van der Waals surface area contributed by atoms with Gasteiger partial charge in [0.25, 0.3) is 0 Å². The molecule has 0 unspecified atom stereocenters. The fourth-order valence-electron chi connectivity index (χ4n) is 1.64. The van der Waals surface area contributed by atoms with Crippen LogP contribution in [0.25, 0.3) is 10.9 Å². The lowest BCUT2D eigenvalue weighted by Gasteiger charge is -2.03. The predicted octanol–water partition coefficient (Wildman–Crippen LogP) is 1.88. The van der Waals surface area contributed by atoms with Crippen LogP contribution in [0.3, 0.4) is 0 Å². The smallest absolute Gasteiger partial charge is 0.336 e. The Kier molecular flexibility index (Phi) is 3.52. The molecular formula is C13H13N3O2. The Morgan fingerprint density at radius 1 is 1.50 bits per heavy atom. The number of para-hydroxylation sites is 1. The minimum atomic E-state index is -0.966. The van der Waals surface area contributed by atoms with Gasteiger partial charge in [-0.25, -0.2) is 9.78 Å². The number of carbonyl (C=O) groups is 1. The van der Waals surface area contributed by atoms with E-state index in [1.165, 1.54) is 12.3 Å². The summed E-state index contributed by atoms with van der Waals surface area (Å²) in [6.45, 7) is 2.63. The Hall–Kier alpha value is -2.43. The maximum absolute atomic E-state index is 11.2. The third kappa shape index (κ3) is 2.45. The second kappa shape index (κ2) is 5.27. The first-order chi connectivity index (χ1) is 8.72. The molecule has 0 saturated carbocycles. The van der Waals surface area contributed by atoms with Crippen molar-refractivity contribution >= 4 is 23.1 Å². The second-order valence-electron chi connectivity index (χ2n) is 3.69. The highest BCUT2D eigenvalue weighted by atomic mass is 16.4. The molecule has 0 bridgehead atoms. The number of rotatable bonds is 4. The molecule has 0 aliphatic heterocycles. The van der Waals surface area contributed by atoms with Gasteiger partial charge in [0.15, 0.2) is 0 Å². The van der Waals surface area contributed by atoms with Gasteiger partial charge in [0, 0.05) is 11.9 Å². The van der Waals surface area contributed by atoms with Crippen molar-refractivity contribution in [2.45, 2.75) is 6.92 Å². The van der Waals surface area contributed by atoms with E-state index in [2.05, 4.69) is 15.5 Å². The Morgan fingerprint density at radius 2 is 2.28 bits per heavy atom. The molecule has 5 heteroatoms. The fourth-order valence-corrected chi connectivity index (χ4v) is 1.64. The van der Waals surface area contributed by atoms with Crippen molar-refractivity contribution in [3.63, 3.8) is 0 Å². The molecule has 0 aliphatic carbocycles. The summed E-state index contributed by atoms with van der Waals surface area (Å²) in [7, 11) is 0. The number of aromatic carboxylic acids is 1. The summed E-state index contributed by atoms with van der Waals surface area (Å²) in [5, 5.41) is 13.8. The van der Waals surface area contributed by atoms with Crippen LogP contribution in [-0.4, -0.2) is 28.8 Å². The van der Waals surface area contributed by atoms with E-state index < -0.39 is 5.97 Å². The lowest BCUT2D eigenvalue weighted by molar-refractivity contribution is 0.0699. The molecule has 1 aromatic heterocycles. The number of pyridine rings is 1. The summed E-state index contributed by atoms with van der Waals surface area (Å²) in [5.41, 5.74) is 4.18. The number of nitrogens with zero attached hydrogens (tertiary/aromatic N) is 2. The summed E-state index contributed by atoms with van der Waals surface area (Å²) in [6.07, 6.45) is 1.52. The maximum Gasteiger partial charge on any atom is 0.336 e. The lowest BCUT2D eigenvalue weighted by Crippen LogP contribution is -2.05. The van der Waals surface area contributed by atoms with Gasteiger partial charge < -0.3 is 10.5 Å². The molecule has 0 radical (unpaired) electrons. The molecular weight excluding hydrogens is 230 g/mol. The fraction of sp³-hybridized carbons (Fsp3) is 0.154. The second-order valence-corrected chi connectivity index (χ2v) is 3.69. The van der Waals surface area contributed by atoms with Crippen molar-refractivity contribution in [2.75, 3.05) is 6.54 Å². The number of hydrogen-bond donors (Lipinski definition) is 2. The van der Waals surface area contributed by atoms with Crippen LogP contribution in [0.15, 0.2) is 35.4 Å². The summed E-state index contributed by atoms with van der Waals surface area (Å²) in [4.78, 5) is 15.5. The maximum atomic E-state index is 11.2. The normalized spacial score (nSPS) is 10.9. The van der Waals surface area contributed by atoms with Crippen LogP contribution in [-0.2, 0) is 0 Å². The van der Waals surface area contributed by atoms with Crippen molar-refractivity contribution in [3.05, 3.63) is 41.6 Å². The van der Waals surface area contributed by atoms with Crippen molar-refractivity contribution in [2.24, 2.45) is 5.10 Å². The molecule has 0 aliphatic rings. The molecule has 5 nitrogen and oxygen atoms in total. The lowest BCUT2D eigenvalue weighted by atomic mass is 10.1. The first kappa shape index (κ1) is 12.0. The van der Waals surface area contributed by atoms with E-state index in [1.807, 2.05) is 13.0 Å². The third-order valence-corrected chi connectivity index (χ3v) is 2.41. The van der Waals surface area contributed by atoms with E-state index in [1.54, 1.807) is 18.2 Å². The van der Waals surface area contributed by atoms with Crippen LogP contribution in [0.5, 0.6) is 0 Å². The highest BCUT2D eigenvalue weighted by molar-refractivity contribution is 6.04. The van der Waals surface area contributed by atoms with E-state index in [0.717, 1.165) is 0 Å². The Bertz CT molecular complexity index is 608. The summed E-state index contributed by atoms with van der Waals surface area (Å²) in [6, 6.07) is 8.67. The molecule has 92 valence electrons. The monoisotopic (exact) mass is 243 g/mol. The van der Waals surface area contributed by atoms with Crippen LogP contribution in [0, 0.1) is 0 Å². The zero-order valence-corrected chi connectivity index (χ0v) is 9.92. The summed E-state index contributed by atoms with van der Waals surface area (Å²) in [5.74, 6) is -0.966. The average Bonchev–Trinajstić information content (AvgIpc) is 2.38. The van der Waals surface area contributed by atoms with Gasteiger partial charge in [-0.1, -0.05) is 18.2 Å².